The molecule has 0 radical (unpaired) electrons. The van der Waals surface area contributed by atoms with Crippen LogP contribution in [0, 0.1) is 5.92 Å². The van der Waals surface area contributed by atoms with Gasteiger partial charge < -0.3 is 36.8 Å². The van der Waals surface area contributed by atoms with Gasteiger partial charge in [0.1, 0.15) is 11.6 Å². The molecule has 0 bridgehead atoms. The zero-order valence-corrected chi connectivity index (χ0v) is 40.8. The molecule has 1 unspecified atom stereocenters. The number of carbonyl (C=O) groups excluding carboxylic acids is 5. The number of hydrogen-bond acceptors (Lipinski definition) is 10. The Bertz CT molecular complexity index is 1850. The van der Waals surface area contributed by atoms with Gasteiger partial charge in [-0.3, -0.25) is 19.2 Å². The number of Topliss-reactive ketones (excluding diaryl/α,β-unsaturated/α-hetero) is 2. The molecule has 13 nitrogen and oxygen atoms in total. The second-order valence-corrected chi connectivity index (χ2v) is 19.3. The number of thioether (sulfide) groups is 1. The number of unbranched alkanes of at least 4 members (excludes halogenated alkanes) is 4. The van der Waals surface area contributed by atoms with E-state index in [-0.39, 0.29) is 49.2 Å². The van der Waals surface area contributed by atoms with Crippen molar-refractivity contribution in [3.05, 3.63) is 108 Å². The summed E-state index contributed by atoms with van der Waals surface area (Å²) in [5.41, 5.74) is 7.95. The Morgan fingerprint density at radius 1 is 0.652 bits per heavy atom. The highest BCUT2D eigenvalue weighted by Crippen LogP contribution is 2.48. The van der Waals surface area contributed by atoms with Crippen molar-refractivity contribution >= 4 is 47.2 Å². The predicted octanol–water partition coefficient (Wildman–Crippen LogP) is 8.42. The molecule has 0 saturated carbocycles. The Kier molecular flexibility index (Phi) is 24.2. The molecule has 362 valence electrons. The smallest absolute Gasteiger partial charge is 0.408 e. The van der Waals surface area contributed by atoms with Gasteiger partial charge in [-0.15, -0.1) is 11.8 Å². The van der Waals surface area contributed by atoms with Crippen LogP contribution in [0.5, 0.6) is 0 Å². The van der Waals surface area contributed by atoms with Gasteiger partial charge in [0.2, 0.25) is 11.8 Å². The minimum Gasteiger partial charge on any atom is -0.480 e. The number of nitrogens with two attached hydrogens (primary N) is 1. The molecule has 3 amide bonds. The molecule has 0 spiro atoms. The summed E-state index contributed by atoms with van der Waals surface area (Å²) in [6.07, 6.45) is 4.39. The number of alkyl carbamates (subject to hydrolysis) is 1. The molecule has 3 aromatic carbocycles. The van der Waals surface area contributed by atoms with Gasteiger partial charge in [0.15, 0.2) is 11.6 Å². The molecule has 66 heavy (non-hydrogen) atoms. The Labute approximate surface area is 396 Å². The highest BCUT2D eigenvalue weighted by atomic mass is 32.2. The van der Waals surface area contributed by atoms with Gasteiger partial charge in [0.05, 0.1) is 23.0 Å². The Balaban J connectivity index is 1.86. The van der Waals surface area contributed by atoms with Crippen LogP contribution in [0.3, 0.4) is 0 Å². The molecule has 0 aliphatic rings. The lowest BCUT2D eigenvalue weighted by molar-refractivity contribution is -0.143. The van der Waals surface area contributed by atoms with Crippen LogP contribution in [0.4, 0.5) is 4.79 Å². The topological polar surface area (TPSA) is 206 Å². The molecular formula is C52H75N5O8S. The summed E-state index contributed by atoms with van der Waals surface area (Å²) in [6, 6.07) is 26.9. The van der Waals surface area contributed by atoms with E-state index in [0.29, 0.717) is 38.6 Å². The number of nitrogens with one attached hydrogen (secondary N) is 4. The summed E-state index contributed by atoms with van der Waals surface area (Å²) < 4.78 is 4.81. The molecule has 3 rings (SSSR count). The first-order chi connectivity index (χ1) is 31.5. The van der Waals surface area contributed by atoms with Crippen molar-refractivity contribution in [1.29, 1.82) is 0 Å². The number of carboxylic acids is 1. The third-order valence-electron chi connectivity index (χ3n) is 11.2. The van der Waals surface area contributed by atoms with Crippen LogP contribution in [-0.4, -0.2) is 82.7 Å². The Morgan fingerprint density at radius 2 is 1.17 bits per heavy atom. The second kappa shape index (κ2) is 28.9. The molecule has 3 aromatic rings. The average molecular weight is 930 g/mol. The maximum absolute atomic E-state index is 14.3. The van der Waals surface area contributed by atoms with Crippen LogP contribution in [-0.2, 0) is 33.5 Å². The number of rotatable bonds is 31. The molecule has 0 aliphatic carbocycles. The van der Waals surface area contributed by atoms with E-state index in [1.807, 2.05) is 105 Å². The van der Waals surface area contributed by atoms with E-state index in [9.17, 15) is 33.9 Å². The molecule has 14 heteroatoms. The van der Waals surface area contributed by atoms with Crippen LogP contribution in [0.15, 0.2) is 91.0 Å². The standard InChI is InChI=1S/C52H75N5O8S/c1-7-9-14-30-42(46(59)35-38(23-22-34-54-37(3)53)48(61)56-43(49(62)63)31-15-10-8-2)55-47(60)33-32-45(58)44(57-50(64)65-51(4,5)6)36-66-52(39-24-16-11-17-25-39,40-26-18-12-19-27-40)41-28-20-13-21-29-41/h11-13,16-21,24-29,37-38,42-44,54H,7-10,14-15,22-23,30-36,53H2,1-6H3,(H,55,60)(H,56,61)(H,57,64)(H,62,63)/t37?,38-,42+,43+,44-/m0/s1. The highest BCUT2D eigenvalue weighted by Gasteiger charge is 2.39. The van der Waals surface area contributed by atoms with E-state index < -0.39 is 58.3 Å². The van der Waals surface area contributed by atoms with Gasteiger partial charge in [-0.25, -0.2) is 9.59 Å². The Morgan fingerprint density at radius 3 is 1.64 bits per heavy atom. The molecule has 0 aromatic heterocycles. The fraction of sp³-hybridized carbons (Fsp3) is 0.538. The highest BCUT2D eigenvalue weighted by molar-refractivity contribution is 8.00. The Hall–Kier alpha value is -5.05. The molecular weight excluding hydrogens is 855 g/mol. The van der Waals surface area contributed by atoms with Gasteiger partial charge in [-0.1, -0.05) is 143 Å². The first-order valence-electron chi connectivity index (χ1n) is 23.7. The van der Waals surface area contributed by atoms with Crippen LogP contribution < -0.4 is 27.0 Å². The number of hydrogen-bond donors (Lipinski definition) is 6. The first-order valence-corrected chi connectivity index (χ1v) is 24.7. The van der Waals surface area contributed by atoms with Crippen molar-refractivity contribution in [3.63, 3.8) is 0 Å². The predicted molar refractivity (Wildman–Crippen MR) is 263 cm³/mol. The fourth-order valence-corrected chi connectivity index (χ4v) is 9.36. The lowest BCUT2D eigenvalue weighted by Gasteiger charge is -2.36. The van der Waals surface area contributed by atoms with Gasteiger partial charge >= 0.3 is 12.1 Å². The van der Waals surface area contributed by atoms with Crippen molar-refractivity contribution in [2.75, 3.05) is 12.3 Å². The number of ether oxygens (including phenoxy) is 1. The molecule has 0 aliphatic heterocycles. The lowest BCUT2D eigenvalue weighted by Crippen LogP contribution is -2.47. The maximum atomic E-state index is 14.3. The summed E-state index contributed by atoms with van der Waals surface area (Å²) in [5.74, 6) is -3.60. The zero-order chi connectivity index (χ0) is 48.5. The molecule has 5 atom stereocenters. The van der Waals surface area contributed by atoms with Gasteiger partial charge in [-0.05, 0) is 76.6 Å². The van der Waals surface area contributed by atoms with Crippen molar-refractivity contribution in [2.45, 2.75) is 160 Å². The molecule has 0 heterocycles. The van der Waals surface area contributed by atoms with Crippen LogP contribution in [0.1, 0.15) is 142 Å². The van der Waals surface area contributed by atoms with Crippen LogP contribution >= 0.6 is 11.8 Å². The zero-order valence-electron chi connectivity index (χ0n) is 39.9. The minimum atomic E-state index is -1.13. The third-order valence-corrected chi connectivity index (χ3v) is 12.9. The van der Waals surface area contributed by atoms with E-state index in [0.717, 1.165) is 42.4 Å². The minimum absolute atomic E-state index is 0.126. The molecule has 0 fully saturated rings. The quantitative estimate of drug-likeness (QED) is 0.0205. The van der Waals surface area contributed by atoms with E-state index in [4.69, 9.17) is 10.5 Å². The SMILES string of the molecule is CCCCC[C@@H](NC(=O)[C@@H](CCCNC(C)N)CC(=O)[C@@H](CCCCC)NC(=O)CCC(=O)[C@H](CSC(c1ccccc1)(c1ccccc1)c1ccccc1)NC(=O)OC(C)(C)C)C(=O)O. The van der Waals surface area contributed by atoms with E-state index in [2.05, 4.69) is 21.3 Å². The van der Waals surface area contributed by atoms with Crippen molar-refractivity contribution in [2.24, 2.45) is 11.7 Å². The number of benzene rings is 3. The van der Waals surface area contributed by atoms with Crippen LogP contribution in [0.2, 0.25) is 0 Å². The van der Waals surface area contributed by atoms with E-state index >= 15 is 0 Å². The van der Waals surface area contributed by atoms with Crippen molar-refractivity contribution in [3.8, 4) is 0 Å². The summed E-state index contributed by atoms with van der Waals surface area (Å²) in [5, 5.41) is 21.3. The average Bonchev–Trinajstić information content (AvgIpc) is 3.28. The third kappa shape index (κ3) is 19.0. The second-order valence-electron chi connectivity index (χ2n) is 18.0. The lowest BCUT2D eigenvalue weighted by atomic mass is 9.84. The monoisotopic (exact) mass is 930 g/mol. The number of ketones is 2. The first kappa shape index (κ1) is 55.3. The summed E-state index contributed by atoms with van der Waals surface area (Å²) in [7, 11) is 0. The summed E-state index contributed by atoms with van der Waals surface area (Å²) >= 11 is 1.50. The van der Waals surface area contributed by atoms with Gasteiger partial charge in [0, 0.05) is 30.9 Å². The normalized spacial score (nSPS) is 13.9. The summed E-state index contributed by atoms with van der Waals surface area (Å²) in [6.45, 7) is 11.5. The molecule has 0 saturated heterocycles. The summed E-state index contributed by atoms with van der Waals surface area (Å²) in [4.78, 5) is 81.2. The maximum Gasteiger partial charge on any atom is 0.408 e. The number of aliphatic carboxylic acids is 1. The van der Waals surface area contributed by atoms with E-state index in [1.54, 1.807) is 27.7 Å². The number of carboxylic acid groups (broad SMARTS) is 1. The van der Waals surface area contributed by atoms with Gasteiger partial charge in [-0.2, -0.15) is 0 Å². The van der Waals surface area contributed by atoms with Crippen LogP contribution in [0.25, 0.3) is 0 Å². The largest absolute Gasteiger partial charge is 0.480 e. The number of carbonyl (C=O) groups is 6. The van der Waals surface area contributed by atoms with Crippen molar-refractivity contribution in [1.82, 2.24) is 21.3 Å². The fourth-order valence-electron chi connectivity index (χ4n) is 7.77. The number of amides is 3. The molecule has 7 N–H and O–H groups in total. The van der Waals surface area contributed by atoms with Gasteiger partial charge in [0.25, 0.3) is 0 Å². The van der Waals surface area contributed by atoms with E-state index in [1.165, 1.54) is 11.8 Å². The van der Waals surface area contributed by atoms with Crippen molar-refractivity contribution < 1.29 is 38.6 Å².